The quantitative estimate of drug-likeness (QED) is 0.684. The van der Waals surface area contributed by atoms with E-state index in [-0.39, 0.29) is 0 Å². The summed E-state index contributed by atoms with van der Waals surface area (Å²) in [5, 5.41) is 0. The van der Waals surface area contributed by atoms with Gasteiger partial charge < -0.3 is 0 Å². The van der Waals surface area contributed by atoms with Crippen molar-refractivity contribution >= 4 is 0 Å². The summed E-state index contributed by atoms with van der Waals surface area (Å²) < 4.78 is 0. The number of hydrogen-bond donors (Lipinski definition) is 0. The Morgan fingerprint density at radius 1 is 0.765 bits per heavy atom. The van der Waals surface area contributed by atoms with Crippen LogP contribution in [0.2, 0.25) is 0 Å². The Bertz CT molecular complexity index is 387. The predicted octanol–water partition coefficient (Wildman–Crippen LogP) is 4.88. The zero-order valence-corrected chi connectivity index (χ0v) is 11.1. The highest BCUT2D eigenvalue weighted by Gasteiger charge is 1.94. The van der Waals surface area contributed by atoms with Crippen LogP contribution in [0.3, 0.4) is 0 Å². The summed E-state index contributed by atoms with van der Waals surface area (Å²) in [4.78, 5) is 0. The van der Waals surface area contributed by atoms with Crippen LogP contribution >= 0.6 is 0 Å². The van der Waals surface area contributed by atoms with Gasteiger partial charge in [0.05, 0.1) is 0 Å². The standard InChI is InChI=1S/C10H14.C7H8/c1-9(2)8-10-6-4-3-5-7-10;1-7-5-3-2-4-6-7/h3-7,9H,8H2,1-2H3;2-6H,1H3. The molecule has 0 spiro atoms. The molecule has 90 valence electrons. The van der Waals surface area contributed by atoms with Crippen LogP contribution in [-0.4, -0.2) is 0 Å². The minimum atomic E-state index is 0.766. The second-order valence-corrected chi connectivity index (χ2v) is 4.74. The van der Waals surface area contributed by atoms with Gasteiger partial charge in [0.1, 0.15) is 0 Å². The average Bonchev–Trinajstić information content (AvgIpc) is 2.31. The molecule has 2 aromatic carbocycles. The number of hydrogen-bond acceptors (Lipinski definition) is 0. The van der Waals surface area contributed by atoms with Crippen molar-refractivity contribution in [2.45, 2.75) is 27.2 Å². The third kappa shape index (κ3) is 6.57. The van der Waals surface area contributed by atoms with Gasteiger partial charge in [0.25, 0.3) is 0 Å². The number of aryl methyl sites for hydroxylation is 1. The molecular weight excluding hydrogens is 204 g/mol. The molecule has 0 unspecified atom stereocenters. The molecule has 0 radical (unpaired) electrons. The van der Waals surface area contributed by atoms with E-state index < -0.39 is 0 Å². The first-order chi connectivity index (χ1) is 8.18. The maximum atomic E-state index is 2.24. The van der Waals surface area contributed by atoms with Gasteiger partial charge >= 0.3 is 0 Å². The van der Waals surface area contributed by atoms with Gasteiger partial charge in [-0.2, -0.15) is 0 Å². The Hall–Kier alpha value is -1.56. The fraction of sp³-hybridized carbons (Fsp3) is 0.294. The molecule has 0 aliphatic carbocycles. The molecule has 0 bridgehead atoms. The molecule has 17 heavy (non-hydrogen) atoms. The van der Waals surface area contributed by atoms with Crippen LogP contribution in [0.25, 0.3) is 0 Å². The molecule has 0 aliphatic rings. The molecule has 0 saturated heterocycles. The minimum Gasteiger partial charge on any atom is -0.0625 e. The van der Waals surface area contributed by atoms with E-state index in [4.69, 9.17) is 0 Å². The molecule has 2 aromatic rings. The van der Waals surface area contributed by atoms with Gasteiger partial charge in [0, 0.05) is 0 Å². The summed E-state index contributed by atoms with van der Waals surface area (Å²) in [5.41, 5.74) is 2.76. The highest BCUT2D eigenvalue weighted by molar-refractivity contribution is 5.14. The van der Waals surface area contributed by atoms with E-state index in [0.29, 0.717) is 0 Å². The lowest BCUT2D eigenvalue weighted by Crippen LogP contribution is -1.92. The molecular formula is C17H22. The monoisotopic (exact) mass is 226 g/mol. The maximum Gasteiger partial charge on any atom is -0.0256 e. The van der Waals surface area contributed by atoms with Crippen LogP contribution in [0, 0.1) is 12.8 Å². The molecule has 0 aliphatic heterocycles. The zero-order valence-electron chi connectivity index (χ0n) is 11.1. The Morgan fingerprint density at radius 2 is 1.24 bits per heavy atom. The molecule has 0 aromatic heterocycles. The summed E-state index contributed by atoms with van der Waals surface area (Å²) in [6.07, 6.45) is 1.20. The maximum absolute atomic E-state index is 2.24. The van der Waals surface area contributed by atoms with Crippen molar-refractivity contribution in [2.24, 2.45) is 5.92 Å². The van der Waals surface area contributed by atoms with E-state index >= 15 is 0 Å². The summed E-state index contributed by atoms with van der Waals surface area (Å²) >= 11 is 0. The van der Waals surface area contributed by atoms with E-state index in [1.165, 1.54) is 17.5 Å². The van der Waals surface area contributed by atoms with Crippen LogP contribution in [0.5, 0.6) is 0 Å². The lowest BCUT2D eigenvalue weighted by molar-refractivity contribution is 0.647. The number of benzene rings is 2. The molecule has 0 heteroatoms. The van der Waals surface area contributed by atoms with Crippen molar-refractivity contribution in [3.8, 4) is 0 Å². The van der Waals surface area contributed by atoms with Crippen molar-refractivity contribution in [1.29, 1.82) is 0 Å². The Balaban J connectivity index is 0.000000181. The van der Waals surface area contributed by atoms with Crippen LogP contribution < -0.4 is 0 Å². The second-order valence-electron chi connectivity index (χ2n) is 4.74. The average molecular weight is 226 g/mol. The zero-order chi connectivity index (χ0) is 12.5. The first-order valence-electron chi connectivity index (χ1n) is 6.24. The Labute approximate surface area is 105 Å². The second kappa shape index (κ2) is 7.67. The van der Waals surface area contributed by atoms with Crippen molar-refractivity contribution in [3.05, 3.63) is 71.8 Å². The van der Waals surface area contributed by atoms with E-state index in [1.54, 1.807) is 0 Å². The molecule has 0 heterocycles. The van der Waals surface area contributed by atoms with E-state index in [1.807, 2.05) is 18.2 Å². The van der Waals surface area contributed by atoms with Gasteiger partial charge in [-0.25, -0.2) is 0 Å². The molecule has 0 N–H and O–H groups in total. The van der Waals surface area contributed by atoms with Crippen LogP contribution in [0.4, 0.5) is 0 Å². The van der Waals surface area contributed by atoms with Crippen molar-refractivity contribution in [1.82, 2.24) is 0 Å². The van der Waals surface area contributed by atoms with E-state index in [2.05, 4.69) is 63.2 Å². The lowest BCUT2D eigenvalue weighted by atomic mass is 10.0. The SMILES string of the molecule is CC(C)Cc1ccccc1.Cc1ccccc1. The van der Waals surface area contributed by atoms with Crippen LogP contribution in [0.1, 0.15) is 25.0 Å². The summed E-state index contributed by atoms with van der Waals surface area (Å²) in [6.45, 7) is 6.57. The van der Waals surface area contributed by atoms with Gasteiger partial charge in [0.15, 0.2) is 0 Å². The van der Waals surface area contributed by atoms with Crippen molar-refractivity contribution in [3.63, 3.8) is 0 Å². The van der Waals surface area contributed by atoms with Gasteiger partial charge in [-0.15, -0.1) is 0 Å². The van der Waals surface area contributed by atoms with Crippen molar-refractivity contribution < 1.29 is 0 Å². The lowest BCUT2D eigenvalue weighted by Gasteiger charge is -2.02. The van der Waals surface area contributed by atoms with Gasteiger partial charge in [-0.1, -0.05) is 80.1 Å². The van der Waals surface area contributed by atoms with E-state index in [0.717, 1.165) is 5.92 Å². The molecule has 0 atom stereocenters. The Kier molecular flexibility index (Phi) is 6.09. The highest BCUT2D eigenvalue weighted by Crippen LogP contribution is 2.06. The summed E-state index contributed by atoms with van der Waals surface area (Å²) in [5.74, 6) is 0.766. The summed E-state index contributed by atoms with van der Waals surface area (Å²) in [7, 11) is 0. The molecule has 0 amide bonds. The predicted molar refractivity (Wildman–Crippen MR) is 76.2 cm³/mol. The van der Waals surface area contributed by atoms with Crippen LogP contribution in [-0.2, 0) is 6.42 Å². The topological polar surface area (TPSA) is 0 Å². The van der Waals surface area contributed by atoms with Gasteiger partial charge in [-0.05, 0) is 24.8 Å². The van der Waals surface area contributed by atoms with E-state index in [9.17, 15) is 0 Å². The third-order valence-corrected chi connectivity index (χ3v) is 2.43. The first kappa shape index (κ1) is 13.5. The minimum absolute atomic E-state index is 0.766. The van der Waals surface area contributed by atoms with Gasteiger partial charge in [-0.3, -0.25) is 0 Å². The molecule has 0 fully saturated rings. The third-order valence-electron chi connectivity index (χ3n) is 2.43. The molecule has 0 nitrogen and oxygen atoms in total. The van der Waals surface area contributed by atoms with Crippen LogP contribution in [0.15, 0.2) is 60.7 Å². The first-order valence-corrected chi connectivity index (χ1v) is 6.24. The number of rotatable bonds is 2. The fourth-order valence-electron chi connectivity index (χ4n) is 1.62. The van der Waals surface area contributed by atoms with Crippen molar-refractivity contribution in [2.75, 3.05) is 0 Å². The molecule has 2 rings (SSSR count). The Morgan fingerprint density at radius 3 is 1.59 bits per heavy atom. The molecule has 0 saturated carbocycles. The largest absolute Gasteiger partial charge is 0.0625 e. The normalized spacial score (nSPS) is 9.65. The highest BCUT2D eigenvalue weighted by atomic mass is 14.0. The smallest absolute Gasteiger partial charge is 0.0256 e. The summed E-state index contributed by atoms with van der Waals surface area (Å²) in [6, 6.07) is 20.9. The fourth-order valence-corrected chi connectivity index (χ4v) is 1.62. The van der Waals surface area contributed by atoms with Gasteiger partial charge in [0.2, 0.25) is 0 Å².